The van der Waals surface area contributed by atoms with Gasteiger partial charge in [-0.15, -0.1) is 0 Å². The van der Waals surface area contributed by atoms with Gasteiger partial charge in [0.25, 0.3) is 0 Å². The molecule has 108 valence electrons. The minimum absolute atomic E-state index is 0.0235. The van der Waals surface area contributed by atoms with Gasteiger partial charge < -0.3 is 19.3 Å². The smallest absolute Gasteiger partial charge is 0.175 e. The molecule has 1 atom stereocenters. The molecule has 0 aliphatic rings. The molecule has 1 N–H and O–H groups in total. The highest BCUT2D eigenvalue weighted by Crippen LogP contribution is 2.37. The van der Waals surface area contributed by atoms with E-state index in [-0.39, 0.29) is 12.7 Å². The first-order chi connectivity index (χ1) is 9.12. The Kier molecular flexibility index (Phi) is 7.20. The van der Waals surface area contributed by atoms with Crippen molar-refractivity contribution in [2.24, 2.45) is 0 Å². The first kappa shape index (κ1) is 16.3. The van der Waals surface area contributed by atoms with Crippen molar-refractivity contribution in [3.05, 3.63) is 22.2 Å². The van der Waals surface area contributed by atoms with Crippen LogP contribution >= 0.6 is 15.9 Å². The van der Waals surface area contributed by atoms with Crippen molar-refractivity contribution in [2.75, 3.05) is 20.3 Å². The Morgan fingerprint density at radius 3 is 2.68 bits per heavy atom. The molecule has 0 fully saturated rings. The summed E-state index contributed by atoms with van der Waals surface area (Å²) >= 11 is 3.46. The van der Waals surface area contributed by atoms with Gasteiger partial charge in [0.2, 0.25) is 0 Å². The maximum atomic E-state index is 9.21. The van der Waals surface area contributed by atoms with Crippen LogP contribution < -0.4 is 9.47 Å². The third kappa shape index (κ3) is 5.01. The van der Waals surface area contributed by atoms with Crippen LogP contribution in [-0.4, -0.2) is 31.5 Å². The third-order valence-electron chi connectivity index (χ3n) is 2.60. The molecule has 0 amide bonds. The first-order valence-corrected chi connectivity index (χ1v) is 7.13. The highest BCUT2D eigenvalue weighted by atomic mass is 79.9. The number of hydrogen-bond donors (Lipinski definition) is 1. The Bertz CT molecular complexity index is 395. The lowest BCUT2D eigenvalue weighted by molar-refractivity contribution is 0.131. The van der Waals surface area contributed by atoms with E-state index in [1.807, 2.05) is 19.9 Å². The molecule has 0 radical (unpaired) electrons. The molecule has 0 bridgehead atoms. The van der Waals surface area contributed by atoms with Crippen LogP contribution in [0.4, 0.5) is 0 Å². The van der Waals surface area contributed by atoms with Crippen LogP contribution in [0.25, 0.3) is 0 Å². The SMILES string of the molecule is CCOc1cc(CO)cc(Br)c1OC(C)CCOC. The molecule has 0 aliphatic carbocycles. The van der Waals surface area contributed by atoms with E-state index in [2.05, 4.69) is 15.9 Å². The van der Waals surface area contributed by atoms with Crippen LogP contribution in [0.15, 0.2) is 16.6 Å². The van der Waals surface area contributed by atoms with E-state index in [1.165, 1.54) is 0 Å². The summed E-state index contributed by atoms with van der Waals surface area (Å²) in [5.74, 6) is 1.31. The summed E-state index contributed by atoms with van der Waals surface area (Å²) in [7, 11) is 1.67. The normalized spacial score (nSPS) is 12.3. The summed E-state index contributed by atoms with van der Waals surface area (Å²) in [6.07, 6.45) is 0.825. The van der Waals surface area contributed by atoms with Crippen molar-refractivity contribution in [3.63, 3.8) is 0 Å². The van der Waals surface area contributed by atoms with Gasteiger partial charge in [0.1, 0.15) is 0 Å². The number of aliphatic hydroxyl groups excluding tert-OH is 1. The molecule has 5 heteroatoms. The standard InChI is InChI=1S/C14H21BrO4/c1-4-18-13-8-11(9-16)7-12(15)14(13)19-10(2)5-6-17-3/h7-8,10,16H,4-6,9H2,1-3H3. The summed E-state index contributed by atoms with van der Waals surface area (Å²) in [5.41, 5.74) is 0.784. The minimum Gasteiger partial charge on any atom is -0.490 e. The lowest BCUT2D eigenvalue weighted by Gasteiger charge is -2.19. The molecule has 1 rings (SSSR count). The molecule has 1 aromatic rings. The highest BCUT2D eigenvalue weighted by Gasteiger charge is 2.15. The van der Waals surface area contributed by atoms with E-state index >= 15 is 0 Å². The van der Waals surface area contributed by atoms with Crippen molar-refractivity contribution in [3.8, 4) is 11.5 Å². The van der Waals surface area contributed by atoms with Gasteiger partial charge in [0.05, 0.1) is 23.8 Å². The zero-order chi connectivity index (χ0) is 14.3. The van der Waals surface area contributed by atoms with Crippen molar-refractivity contribution < 1.29 is 19.3 Å². The quantitative estimate of drug-likeness (QED) is 0.794. The van der Waals surface area contributed by atoms with Gasteiger partial charge in [0, 0.05) is 20.1 Å². The number of rotatable bonds is 8. The Labute approximate surface area is 122 Å². The molecule has 0 spiro atoms. The molecule has 0 aliphatic heterocycles. The number of aliphatic hydroxyl groups is 1. The van der Waals surface area contributed by atoms with E-state index in [0.717, 1.165) is 16.5 Å². The minimum atomic E-state index is -0.0296. The Hall–Kier alpha value is -0.780. The number of hydrogen-bond acceptors (Lipinski definition) is 4. The number of halogens is 1. The molecule has 4 nitrogen and oxygen atoms in total. The van der Waals surface area contributed by atoms with Crippen molar-refractivity contribution in [1.82, 2.24) is 0 Å². The van der Waals surface area contributed by atoms with Crippen LogP contribution in [-0.2, 0) is 11.3 Å². The second-order valence-electron chi connectivity index (χ2n) is 4.21. The lowest BCUT2D eigenvalue weighted by Crippen LogP contribution is -2.15. The van der Waals surface area contributed by atoms with Gasteiger partial charge in [-0.05, 0) is 47.5 Å². The lowest BCUT2D eigenvalue weighted by atomic mass is 10.2. The monoisotopic (exact) mass is 332 g/mol. The summed E-state index contributed by atoms with van der Waals surface area (Å²) in [6, 6.07) is 3.63. The molecule has 0 saturated heterocycles. The number of methoxy groups -OCH3 is 1. The largest absolute Gasteiger partial charge is 0.490 e. The van der Waals surface area contributed by atoms with Crippen LogP contribution in [0.1, 0.15) is 25.8 Å². The molecule has 0 aromatic heterocycles. The summed E-state index contributed by atoms with van der Waals surface area (Å²) in [4.78, 5) is 0. The zero-order valence-corrected chi connectivity index (χ0v) is 13.2. The highest BCUT2D eigenvalue weighted by molar-refractivity contribution is 9.10. The average molecular weight is 333 g/mol. The summed E-state index contributed by atoms with van der Waals surface area (Å²) in [6.45, 7) is 5.07. The van der Waals surface area contributed by atoms with Gasteiger partial charge in [-0.3, -0.25) is 0 Å². The fourth-order valence-corrected chi connectivity index (χ4v) is 2.22. The molecule has 0 saturated carbocycles. The van der Waals surface area contributed by atoms with Crippen molar-refractivity contribution >= 4 is 15.9 Å². The number of benzene rings is 1. The molecule has 1 unspecified atom stereocenters. The second-order valence-corrected chi connectivity index (χ2v) is 5.06. The van der Waals surface area contributed by atoms with E-state index in [9.17, 15) is 5.11 Å². The molecular weight excluding hydrogens is 312 g/mol. The van der Waals surface area contributed by atoms with E-state index in [4.69, 9.17) is 14.2 Å². The molecular formula is C14H21BrO4. The second kappa shape index (κ2) is 8.40. The predicted molar refractivity (Wildman–Crippen MR) is 77.8 cm³/mol. The molecule has 0 heterocycles. The van der Waals surface area contributed by atoms with Gasteiger partial charge in [0.15, 0.2) is 11.5 Å². The fraction of sp³-hybridized carbons (Fsp3) is 0.571. The maximum Gasteiger partial charge on any atom is 0.175 e. The fourth-order valence-electron chi connectivity index (χ4n) is 1.63. The van der Waals surface area contributed by atoms with Crippen molar-refractivity contribution in [2.45, 2.75) is 33.0 Å². The van der Waals surface area contributed by atoms with Gasteiger partial charge in [-0.25, -0.2) is 0 Å². The predicted octanol–water partition coefficient (Wildman–Crippen LogP) is 3.14. The van der Waals surface area contributed by atoms with E-state index < -0.39 is 0 Å². The maximum absolute atomic E-state index is 9.21. The Balaban J connectivity index is 2.90. The first-order valence-electron chi connectivity index (χ1n) is 6.34. The van der Waals surface area contributed by atoms with Gasteiger partial charge in [-0.1, -0.05) is 0 Å². The average Bonchev–Trinajstić information content (AvgIpc) is 2.40. The van der Waals surface area contributed by atoms with E-state index in [1.54, 1.807) is 13.2 Å². The van der Waals surface area contributed by atoms with Crippen molar-refractivity contribution in [1.29, 1.82) is 0 Å². The van der Waals surface area contributed by atoms with Crippen LogP contribution in [0.3, 0.4) is 0 Å². The zero-order valence-electron chi connectivity index (χ0n) is 11.6. The molecule has 19 heavy (non-hydrogen) atoms. The summed E-state index contributed by atoms with van der Waals surface area (Å²) < 4.78 is 17.3. The topological polar surface area (TPSA) is 47.9 Å². The van der Waals surface area contributed by atoms with Crippen LogP contribution in [0.5, 0.6) is 11.5 Å². The molecule has 1 aromatic carbocycles. The Morgan fingerprint density at radius 1 is 1.37 bits per heavy atom. The van der Waals surface area contributed by atoms with E-state index in [0.29, 0.717) is 24.7 Å². The van der Waals surface area contributed by atoms with Crippen LogP contribution in [0, 0.1) is 0 Å². The number of ether oxygens (including phenoxy) is 3. The van der Waals surface area contributed by atoms with Crippen LogP contribution in [0.2, 0.25) is 0 Å². The summed E-state index contributed by atoms with van der Waals surface area (Å²) in [5, 5.41) is 9.21. The van der Waals surface area contributed by atoms with Gasteiger partial charge >= 0.3 is 0 Å². The third-order valence-corrected chi connectivity index (χ3v) is 3.19. The van der Waals surface area contributed by atoms with Gasteiger partial charge in [-0.2, -0.15) is 0 Å². The Morgan fingerprint density at radius 2 is 2.11 bits per heavy atom.